The summed E-state index contributed by atoms with van der Waals surface area (Å²) in [6.07, 6.45) is 1.79. The summed E-state index contributed by atoms with van der Waals surface area (Å²) < 4.78 is 0. The van der Waals surface area contributed by atoms with Crippen molar-refractivity contribution in [1.82, 2.24) is 9.97 Å². The number of halogens is 1. The lowest BCUT2D eigenvalue weighted by atomic mass is 10.2. The molecule has 4 heteroatoms. The Labute approximate surface area is 112 Å². The molecule has 0 radical (unpaired) electrons. The Kier molecular flexibility index (Phi) is 3.82. The molecule has 0 aliphatic heterocycles. The molecule has 0 saturated carbocycles. The first-order valence-electron chi connectivity index (χ1n) is 5.80. The molecule has 1 aromatic carbocycles. The number of hydrogen-bond acceptors (Lipinski definition) is 3. The quantitative estimate of drug-likeness (QED) is 0.791. The third-order valence-electron chi connectivity index (χ3n) is 2.93. The molecule has 0 bridgehead atoms. The lowest BCUT2D eigenvalue weighted by Gasteiger charge is -2.18. The van der Waals surface area contributed by atoms with E-state index in [1.807, 2.05) is 18.9 Å². The molecule has 18 heavy (non-hydrogen) atoms. The van der Waals surface area contributed by atoms with Crippen LogP contribution < -0.4 is 4.90 Å². The molecule has 2 rings (SSSR count). The normalized spacial score (nSPS) is 10.4. The molecule has 0 spiro atoms. The smallest absolute Gasteiger partial charge is 0.229 e. The van der Waals surface area contributed by atoms with Crippen molar-refractivity contribution in [2.75, 3.05) is 11.9 Å². The van der Waals surface area contributed by atoms with Crippen LogP contribution in [-0.2, 0) is 5.88 Å². The van der Waals surface area contributed by atoms with Gasteiger partial charge in [-0.3, -0.25) is 0 Å². The Morgan fingerprint density at radius 1 is 1.17 bits per heavy atom. The molecule has 94 valence electrons. The standard InChI is InChI=1S/C14H16ClN3/c1-10-4-6-13(7-5-10)18(3)14-16-9-12(8-15)11(2)17-14/h4-7,9H,8H2,1-3H3. The highest BCUT2D eigenvalue weighted by molar-refractivity contribution is 6.17. The summed E-state index contributed by atoms with van der Waals surface area (Å²) in [5.41, 5.74) is 4.20. The maximum Gasteiger partial charge on any atom is 0.229 e. The van der Waals surface area contributed by atoms with E-state index in [0.29, 0.717) is 11.8 Å². The van der Waals surface area contributed by atoms with E-state index >= 15 is 0 Å². The van der Waals surface area contributed by atoms with Crippen LogP contribution >= 0.6 is 11.6 Å². The minimum atomic E-state index is 0.445. The average molecular weight is 262 g/mol. The van der Waals surface area contributed by atoms with E-state index in [1.165, 1.54) is 5.56 Å². The molecule has 0 fully saturated rings. The van der Waals surface area contributed by atoms with Gasteiger partial charge in [-0.25, -0.2) is 9.97 Å². The zero-order valence-corrected chi connectivity index (χ0v) is 11.6. The van der Waals surface area contributed by atoms with E-state index in [-0.39, 0.29) is 0 Å². The monoisotopic (exact) mass is 261 g/mol. The lowest BCUT2D eigenvalue weighted by Crippen LogP contribution is -2.14. The zero-order valence-electron chi connectivity index (χ0n) is 10.8. The number of hydrogen-bond donors (Lipinski definition) is 0. The molecule has 3 nitrogen and oxygen atoms in total. The number of rotatable bonds is 3. The fraction of sp³-hybridized carbons (Fsp3) is 0.286. The van der Waals surface area contributed by atoms with Crippen LogP contribution in [0.5, 0.6) is 0 Å². The summed E-state index contributed by atoms with van der Waals surface area (Å²) in [6.45, 7) is 4.02. The van der Waals surface area contributed by atoms with Crippen LogP contribution in [0.15, 0.2) is 30.5 Å². The fourth-order valence-corrected chi connectivity index (χ4v) is 1.92. The predicted octanol–water partition coefficient (Wildman–Crippen LogP) is 3.60. The topological polar surface area (TPSA) is 29.0 Å². The Hall–Kier alpha value is -1.61. The minimum absolute atomic E-state index is 0.445. The van der Waals surface area contributed by atoms with Crippen molar-refractivity contribution < 1.29 is 0 Å². The van der Waals surface area contributed by atoms with Gasteiger partial charge in [0.05, 0.1) is 5.88 Å². The van der Waals surface area contributed by atoms with Gasteiger partial charge in [-0.1, -0.05) is 17.7 Å². The van der Waals surface area contributed by atoms with Gasteiger partial charge in [-0.05, 0) is 26.0 Å². The second-order valence-corrected chi connectivity index (χ2v) is 4.58. The fourth-order valence-electron chi connectivity index (χ4n) is 1.66. The second-order valence-electron chi connectivity index (χ2n) is 4.31. The first kappa shape index (κ1) is 12.8. The van der Waals surface area contributed by atoms with Crippen molar-refractivity contribution >= 4 is 23.2 Å². The van der Waals surface area contributed by atoms with Crippen LogP contribution in [0.4, 0.5) is 11.6 Å². The first-order valence-corrected chi connectivity index (χ1v) is 6.34. The predicted molar refractivity (Wildman–Crippen MR) is 75.6 cm³/mol. The molecule has 2 aromatic rings. The summed E-state index contributed by atoms with van der Waals surface area (Å²) >= 11 is 5.80. The Morgan fingerprint density at radius 3 is 2.39 bits per heavy atom. The molecule has 0 N–H and O–H groups in total. The maximum atomic E-state index is 5.80. The minimum Gasteiger partial charge on any atom is -0.314 e. The SMILES string of the molecule is Cc1ccc(N(C)c2ncc(CCl)c(C)n2)cc1. The molecule has 1 aromatic heterocycles. The third-order valence-corrected chi connectivity index (χ3v) is 3.22. The van der Waals surface area contributed by atoms with Crippen LogP contribution in [0.2, 0.25) is 0 Å². The van der Waals surface area contributed by atoms with E-state index in [9.17, 15) is 0 Å². The van der Waals surface area contributed by atoms with Gasteiger partial charge in [0.1, 0.15) is 0 Å². The van der Waals surface area contributed by atoms with Crippen LogP contribution in [0.3, 0.4) is 0 Å². The maximum absolute atomic E-state index is 5.80. The van der Waals surface area contributed by atoms with Crippen molar-refractivity contribution in [3.05, 3.63) is 47.3 Å². The summed E-state index contributed by atoms with van der Waals surface area (Å²) in [6, 6.07) is 8.27. The van der Waals surface area contributed by atoms with Gasteiger partial charge in [0.15, 0.2) is 0 Å². The molecule has 0 saturated heterocycles. The van der Waals surface area contributed by atoms with Crippen LogP contribution in [-0.4, -0.2) is 17.0 Å². The average Bonchev–Trinajstić information content (AvgIpc) is 2.38. The largest absolute Gasteiger partial charge is 0.314 e. The van der Waals surface area contributed by atoms with Gasteiger partial charge in [0, 0.05) is 30.2 Å². The molecule has 0 unspecified atom stereocenters. The summed E-state index contributed by atoms with van der Waals surface area (Å²) in [5, 5.41) is 0. The number of benzene rings is 1. The first-order chi connectivity index (χ1) is 8.61. The van der Waals surface area contributed by atoms with Crippen molar-refractivity contribution in [2.24, 2.45) is 0 Å². The van der Waals surface area contributed by atoms with E-state index in [1.54, 1.807) is 6.20 Å². The van der Waals surface area contributed by atoms with Crippen molar-refractivity contribution in [1.29, 1.82) is 0 Å². The Morgan fingerprint density at radius 2 is 1.83 bits per heavy atom. The van der Waals surface area contributed by atoms with Gasteiger partial charge in [0.2, 0.25) is 5.95 Å². The number of nitrogens with zero attached hydrogens (tertiary/aromatic N) is 3. The van der Waals surface area contributed by atoms with Gasteiger partial charge < -0.3 is 4.90 Å². The van der Waals surface area contributed by atoms with E-state index in [4.69, 9.17) is 11.6 Å². The van der Waals surface area contributed by atoms with E-state index in [2.05, 4.69) is 41.2 Å². The van der Waals surface area contributed by atoms with E-state index in [0.717, 1.165) is 16.9 Å². The van der Waals surface area contributed by atoms with Crippen LogP contribution in [0.25, 0.3) is 0 Å². The van der Waals surface area contributed by atoms with Crippen LogP contribution in [0, 0.1) is 13.8 Å². The van der Waals surface area contributed by atoms with Gasteiger partial charge in [-0.15, -0.1) is 11.6 Å². The molecule has 0 aliphatic carbocycles. The molecule has 0 aliphatic rings. The molecular formula is C14H16ClN3. The Balaban J connectivity index is 2.31. The van der Waals surface area contributed by atoms with Gasteiger partial charge in [-0.2, -0.15) is 0 Å². The van der Waals surface area contributed by atoms with Gasteiger partial charge in [0.25, 0.3) is 0 Å². The number of alkyl halides is 1. The summed E-state index contributed by atoms with van der Waals surface area (Å²) in [7, 11) is 1.96. The van der Waals surface area contributed by atoms with Crippen molar-refractivity contribution in [3.63, 3.8) is 0 Å². The highest BCUT2D eigenvalue weighted by Gasteiger charge is 2.08. The second kappa shape index (κ2) is 5.36. The Bertz CT molecular complexity index is 537. The highest BCUT2D eigenvalue weighted by atomic mass is 35.5. The third kappa shape index (κ3) is 2.62. The lowest BCUT2D eigenvalue weighted by molar-refractivity contribution is 0.989. The van der Waals surface area contributed by atoms with Crippen molar-refractivity contribution in [3.8, 4) is 0 Å². The van der Waals surface area contributed by atoms with Gasteiger partial charge >= 0.3 is 0 Å². The zero-order chi connectivity index (χ0) is 13.1. The highest BCUT2D eigenvalue weighted by Crippen LogP contribution is 2.21. The summed E-state index contributed by atoms with van der Waals surface area (Å²) in [5.74, 6) is 1.13. The molecule has 1 heterocycles. The number of aromatic nitrogens is 2. The van der Waals surface area contributed by atoms with E-state index < -0.39 is 0 Å². The molecular weight excluding hydrogens is 246 g/mol. The number of anilines is 2. The molecule has 0 atom stereocenters. The number of aryl methyl sites for hydroxylation is 2. The van der Waals surface area contributed by atoms with Crippen molar-refractivity contribution in [2.45, 2.75) is 19.7 Å². The van der Waals surface area contributed by atoms with Crippen LogP contribution in [0.1, 0.15) is 16.8 Å². The summed E-state index contributed by atoms with van der Waals surface area (Å²) in [4.78, 5) is 10.8. The molecule has 0 amide bonds.